The van der Waals surface area contributed by atoms with Gasteiger partial charge in [0.25, 0.3) is 0 Å². The van der Waals surface area contributed by atoms with Gasteiger partial charge in [-0.1, -0.05) is 111 Å². The molecule has 0 aliphatic rings. The lowest BCUT2D eigenvalue weighted by molar-refractivity contribution is -0.138. The average molecular weight is 1250 g/mol. The first-order valence-electron chi connectivity index (χ1n) is 23.2. The van der Waals surface area contributed by atoms with Gasteiger partial charge in [0.15, 0.2) is 0 Å². The SMILES string of the molecule is C=C(C)C(=O)NCCSSc1ccccn1.C=C(C)C(=O)OCCSSc1ccccn1.C=CC(=O)NCCSSc1ccccn1.C=CC(=O)OCCSSc1ccccn1.CCOC(=O)OCCSSc1ccccn1. The Morgan fingerprint density at radius 2 is 0.833 bits per heavy atom. The van der Waals surface area contributed by atoms with Gasteiger partial charge in [0.2, 0.25) is 11.8 Å². The molecule has 16 nitrogen and oxygen atoms in total. The summed E-state index contributed by atoms with van der Waals surface area (Å²) in [5.41, 5.74) is 0.977. The van der Waals surface area contributed by atoms with Crippen molar-refractivity contribution in [3.63, 3.8) is 0 Å². The molecule has 2 N–H and O–H groups in total. The third kappa shape index (κ3) is 43.3. The number of esters is 2. The van der Waals surface area contributed by atoms with E-state index in [1.165, 1.54) is 6.08 Å². The maximum absolute atomic E-state index is 11.1. The lowest BCUT2D eigenvalue weighted by Crippen LogP contribution is -2.25. The van der Waals surface area contributed by atoms with Crippen molar-refractivity contribution in [3.05, 3.63) is 172 Å². The van der Waals surface area contributed by atoms with E-state index < -0.39 is 6.16 Å². The van der Waals surface area contributed by atoms with Crippen LogP contribution in [0, 0.1) is 0 Å². The van der Waals surface area contributed by atoms with E-state index in [1.54, 1.807) is 160 Å². The molecule has 420 valence electrons. The van der Waals surface area contributed by atoms with Gasteiger partial charge in [-0.25, -0.2) is 39.3 Å². The van der Waals surface area contributed by atoms with Crippen molar-refractivity contribution >= 4 is 138 Å². The highest BCUT2D eigenvalue weighted by molar-refractivity contribution is 8.77. The van der Waals surface area contributed by atoms with Crippen LogP contribution in [0.2, 0.25) is 0 Å². The van der Waals surface area contributed by atoms with Gasteiger partial charge < -0.3 is 29.6 Å². The van der Waals surface area contributed by atoms with E-state index in [0.717, 1.165) is 54.2 Å². The number of nitrogens with zero attached hydrogens (tertiary/aromatic N) is 5. The summed E-state index contributed by atoms with van der Waals surface area (Å²) in [7, 11) is 16.1. The molecule has 0 radical (unpaired) electrons. The van der Waals surface area contributed by atoms with Gasteiger partial charge in [0.1, 0.15) is 45.0 Å². The molecule has 0 bridgehead atoms. The van der Waals surface area contributed by atoms with Crippen LogP contribution in [-0.4, -0.2) is 123 Å². The Hall–Kier alpha value is -4.64. The molecule has 5 aromatic rings. The van der Waals surface area contributed by atoms with Crippen molar-refractivity contribution in [2.24, 2.45) is 0 Å². The van der Waals surface area contributed by atoms with Crippen LogP contribution in [0.5, 0.6) is 0 Å². The molecule has 5 rings (SSSR count). The Balaban J connectivity index is 0.000000488. The molecule has 0 aromatic carbocycles. The number of amides is 2. The summed E-state index contributed by atoms with van der Waals surface area (Å²) in [5, 5.41) is 10.3. The Bertz CT molecular complexity index is 2300. The highest BCUT2D eigenvalue weighted by atomic mass is 33.1. The van der Waals surface area contributed by atoms with Gasteiger partial charge in [-0.15, -0.1) is 0 Å². The number of pyridine rings is 5. The molecule has 0 aliphatic carbocycles. The minimum atomic E-state index is -0.606. The van der Waals surface area contributed by atoms with E-state index in [0.29, 0.717) is 56.4 Å². The fraction of sp³-hybridized carbons (Fsp3) is 0.269. The van der Waals surface area contributed by atoms with Crippen molar-refractivity contribution < 1.29 is 42.9 Å². The molecule has 78 heavy (non-hydrogen) atoms. The molecule has 0 saturated carbocycles. The van der Waals surface area contributed by atoms with E-state index in [1.807, 2.05) is 91.0 Å². The van der Waals surface area contributed by atoms with E-state index in [9.17, 15) is 24.0 Å². The first kappa shape index (κ1) is 71.4. The van der Waals surface area contributed by atoms with Gasteiger partial charge in [0.05, 0.1) is 6.61 Å². The molecular weight excluding hydrogens is 1190 g/mol. The number of rotatable bonds is 30. The van der Waals surface area contributed by atoms with E-state index >= 15 is 0 Å². The summed E-state index contributed by atoms with van der Waals surface area (Å²) in [4.78, 5) is 75.2. The highest BCUT2D eigenvalue weighted by Crippen LogP contribution is 2.31. The van der Waals surface area contributed by atoms with Crippen LogP contribution >= 0.6 is 108 Å². The number of carbonyl (C=O) groups is 5. The first-order chi connectivity index (χ1) is 37.9. The van der Waals surface area contributed by atoms with Gasteiger partial charge in [0, 0.05) is 90.1 Å². The van der Waals surface area contributed by atoms with Crippen molar-refractivity contribution in [2.75, 3.05) is 68.3 Å². The number of carbonyl (C=O) groups excluding carboxylic acids is 5. The molecule has 26 heteroatoms. The maximum Gasteiger partial charge on any atom is 0.508 e. The lowest BCUT2D eigenvalue weighted by Gasteiger charge is -2.03. The zero-order chi connectivity index (χ0) is 57.1. The molecule has 0 atom stereocenters. The van der Waals surface area contributed by atoms with Gasteiger partial charge in [-0.05, 0) is 141 Å². The molecule has 2 amide bonds. The number of hydrogen-bond donors (Lipinski definition) is 2. The van der Waals surface area contributed by atoms with Gasteiger partial charge in [-0.2, -0.15) is 0 Å². The summed E-state index contributed by atoms with van der Waals surface area (Å²) >= 11 is 0. The topological polar surface area (TPSA) is 211 Å². The minimum Gasteiger partial charge on any atom is -0.462 e. The quantitative estimate of drug-likeness (QED) is 0.0144. The van der Waals surface area contributed by atoms with Crippen molar-refractivity contribution in [2.45, 2.75) is 45.9 Å². The number of aromatic nitrogens is 5. The predicted octanol–water partition coefficient (Wildman–Crippen LogP) is 13.1. The largest absolute Gasteiger partial charge is 0.508 e. The van der Waals surface area contributed by atoms with Crippen LogP contribution < -0.4 is 10.6 Å². The van der Waals surface area contributed by atoms with Gasteiger partial charge >= 0.3 is 18.1 Å². The van der Waals surface area contributed by atoms with Crippen molar-refractivity contribution in [1.82, 2.24) is 35.6 Å². The molecule has 5 heterocycles. The fourth-order valence-corrected chi connectivity index (χ4v) is 12.7. The zero-order valence-corrected chi connectivity index (χ0v) is 51.5. The molecular formula is C52H63N7O9S10. The number of hydrogen-bond acceptors (Lipinski definition) is 24. The van der Waals surface area contributed by atoms with Crippen LogP contribution in [0.1, 0.15) is 20.8 Å². The van der Waals surface area contributed by atoms with E-state index in [-0.39, 0.29) is 23.8 Å². The normalized spacial score (nSPS) is 9.73. The first-order valence-corrected chi connectivity index (χ1v) is 34.8. The van der Waals surface area contributed by atoms with Crippen molar-refractivity contribution in [1.29, 1.82) is 0 Å². The fourth-order valence-electron chi connectivity index (χ4n) is 3.98. The number of ether oxygens (including phenoxy) is 4. The van der Waals surface area contributed by atoms with Crippen LogP contribution in [0.4, 0.5) is 4.79 Å². The summed E-state index contributed by atoms with van der Waals surface area (Å²) in [6.45, 7) is 21.6. The third-order valence-electron chi connectivity index (χ3n) is 7.41. The lowest BCUT2D eigenvalue weighted by atomic mass is 10.3. The standard InChI is InChI=1S/C11H14N2OS2.C11H13NO2S2.C10H12N2OS2.C10H13NO3S2.C10H11NO2S2/c1-9(2)11(14)13-7-8-15-16-10-5-3-4-6-12-10;1-9(2)11(13)14-7-8-15-16-10-5-3-4-6-12-10;1-2-9(13)11-7-8-14-15-10-5-3-4-6-12-10;1-2-13-10(12)14-7-8-15-16-9-5-3-4-6-11-9;1-2-10(12)13-7-8-14-15-9-5-3-4-6-11-9/h3-6H,1,7-8H2,2H3,(H,13,14);3-6H,1,7-8H2,2H3;2-6H,1,7-8H2,(H,11,13);3-6H,2,7-8H2,1H3;2-6H,1,7-8H2. The average Bonchev–Trinajstić information content (AvgIpc) is 3.46. The Labute approximate surface area is 497 Å². The summed E-state index contributed by atoms with van der Waals surface area (Å²) in [5.74, 6) is 2.96. The second-order valence-corrected chi connectivity index (χ2v) is 25.9. The van der Waals surface area contributed by atoms with Gasteiger partial charge in [-0.3, -0.25) is 9.59 Å². The molecule has 0 aliphatic heterocycles. The van der Waals surface area contributed by atoms with E-state index in [4.69, 9.17) is 14.2 Å². The van der Waals surface area contributed by atoms with Crippen LogP contribution in [0.15, 0.2) is 197 Å². The summed E-state index contributed by atoms with van der Waals surface area (Å²) in [6, 6.07) is 28.9. The zero-order valence-electron chi connectivity index (χ0n) is 43.3. The summed E-state index contributed by atoms with van der Waals surface area (Å²) in [6.07, 6.45) is 10.6. The molecule has 0 fully saturated rings. The molecule has 0 saturated heterocycles. The Morgan fingerprint density at radius 3 is 1.15 bits per heavy atom. The molecule has 0 spiro atoms. The van der Waals surface area contributed by atoms with Crippen LogP contribution in [-0.2, 0) is 38.1 Å². The minimum absolute atomic E-state index is 0.0802. The van der Waals surface area contributed by atoms with Crippen LogP contribution in [0.3, 0.4) is 0 Å². The smallest absolute Gasteiger partial charge is 0.462 e. The Kier molecular flexibility index (Phi) is 46.3. The molecule has 5 aromatic heterocycles. The molecule has 0 unspecified atom stereocenters. The van der Waals surface area contributed by atoms with E-state index in [2.05, 4.69) is 66.6 Å². The third-order valence-corrected chi connectivity index (χ3v) is 18.6. The van der Waals surface area contributed by atoms with Crippen LogP contribution in [0.25, 0.3) is 0 Å². The summed E-state index contributed by atoms with van der Waals surface area (Å²) < 4.78 is 19.2. The van der Waals surface area contributed by atoms with Crippen molar-refractivity contribution in [3.8, 4) is 0 Å². The monoisotopic (exact) mass is 1250 g/mol. The highest BCUT2D eigenvalue weighted by Gasteiger charge is 2.05. The Morgan fingerprint density at radius 1 is 0.474 bits per heavy atom. The second-order valence-electron chi connectivity index (χ2n) is 13.7. The maximum atomic E-state index is 11.1. The predicted molar refractivity (Wildman–Crippen MR) is 334 cm³/mol. The second kappa shape index (κ2) is 50.6. The number of nitrogens with one attached hydrogen (secondary N) is 2.